The number of para-hydroxylation sites is 1. The van der Waals surface area contributed by atoms with Gasteiger partial charge in [0.15, 0.2) is 0 Å². The summed E-state index contributed by atoms with van der Waals surface area (Å²) in [5, 5.41) is 12.5. The minimum absolute atomic E-state index is 0.0772. The van der Waals surface area contributed by atoms with Crippen molar-refractivity contribution in [2.24, 2.45) is 5.92 Å². The van der Waals surface area contributed by atoms with Gasteiger partial charge in [0.05, 0.1) is 17.5 Å². The van der Waals surface area contributed by atoms with E-state index in [9.17, 15) is 0 Å². The fraction of sp³-hybridized carbons (Fsp3) is 0.500. The number of nitrogens with two attached hydrogens (primary N) is 1. The second-order valence-corrected chi connectivity index (χ2v) is 4.41. The van der Waals surface area contributed by atoms with Crippen molar-refractivity contribution in [3.8, 4) is 0 Å². The maximum atomic E-state index is 9.16. The number of nitrogen functional groups attached to an aromatic ring is 1. The first-order valence-corrected chi connectivity index (χ1v) is 5.44. The van der Waals surface area contributed by atoms with Crippen LogP contribution in [0.5, 0.6) is 0 Å². The van der Waals surface area contributed by atoms with Crippen molar-refractivity contribution in [3.63, 3.8) is 0 Å². The molecule has 2 rings (SSSR count). The van der Waals surface area contributed by atoms with E-state index in [0.717, 1.165) is 36.3 Å². The predicted octanol–water partition coefficient (Wildman–Crippen LogP) is 1.76. The van der Waals surface area contributed by atoms with E-state index in [4.69, 9.17) is 10.8 Å². The summed E-state index contributed by atoms with van der Waals surface area (Å²) in [5.41, 5.74) is 8.89. The lowest BCUT2D eigenvalue weighted by Gasteiger charge is -2.31. The molecule has 1 fully saturated rings. The van der Waals surface area contributed by atoms with Gasteiger partial charge in [-0.05, 0) is 37.3 Å². The van der Waals surface area contributed by atoms with Gasteiger partial charge in [0.2, 0.25) is 0 Å². The van der Waals surface area contributed by atoms with Gasteiger partial charge < -0.3 is 16.2 Å². The first-order chi connectivity index (χ1) is 7.16. The van der Waals surface area contributed by atoms with Gasteiger partial charge in [0.1, 0.15) is 0 Å². The molecule has 0 unspecified atom stereocenters. The van der Waals surface area contributed by atoms with Crippen LogP contribution in [0.1, 0.15) is 18.4 Å². The molecule has 0 aliphatic heterocycles. The van der Waals surface area contributed by atoms with Crippen molar-refractivity contribution in [2.75, 3.05) is 17.6 Å². The van der Waals surface area contributed by atoms with E-state index in [-0.39, 0.29) is 6.10 Å². The Kier molecular flexibility index (Phi) is 2.82. The van der Waals surface area contributed by atoms with Crippen molar-refractivity contribution in [1.82, 2.24) is 0 Å². The highest BCUT2D eigenvalue weighted by atomic mass is 16.3. The second-order valence-electron chi connectivity index (χ2n) is 4.41. The lowest BCUT2D eigenvalue weighted by molar-refractivity contribution is 0.0487. The molecule has 3 nitrogen and oxygen atoms in total. The van der Waals surface area contributed by atoms with Gasteiger partial charge in [-0.15, -0.1) is 0 Å². The molecule has 0 amide bonds. The monoisotopic (exact) mass is 206 g/mol. The van der Waals surface area contributed by atoms with Crippen LogP contribution < -0.4 is 11.1 Å². The number of aryl methyl sites for hydroxylation is 1. The molecule has 1 aromatic carbocycles. The van der Waals surface area contributed by atoms with Crippen LogP contribution in [0.25, 0.3) is 0 Å². The van der Waals surface area contributed by atoms with Crippen LogP contribution in [0.15, 0.2) is 18.2 Å². The van der Waals surface area contributed by atoms with Crippen LogP contribution in [0.2, 0.25) is 0 Å². The second kappa shape index (κ2) is 4.11. The van der Waals surface area contributed by atoms with Crippen LogP contribution in [0, 0.1) is 12.8 Å². The average Bonchev–Trinajstić information content (AvgIpc) is 2.17. The Morgan fingerprint density at radius 1 is 1.47 bits per heavy atom. The molecule has 15 heavy (non-hydrogen) atoms. The van der Waals surface area contributed by atoms with Gasteiger partial charge >= 0.3 is 0 Å². The van der Waals surface area contributed by atoms with Crippen molar-refractivity contribution in [2.45, 2.75) is 25.9 Å². The van der Waals surface area contributed by atoms with Gasteiger partial charge in [-0.3, -0.25) is 0 Å². The lowest BCUT2D eigenvalue weighted by Crippen LogP contribution is -2.33. The molecule has 3 heteroatoms. The van der Waals surface area contributed by atoms with Crippen molar-refractivity contribution in [3.05, 3.63) is 23.8 Å². The number of nitrogens with one attached hydrogen (secondary N) is 1. The summed E-state index contributed by atoms with van der Waals surface area (Å²) < 4.78 is 0. The number of anilines is 2. The van der Waals surface area contributed by atoms with E-state index < -0.39 is 0 Å². The molecule has 0 spiro atoms. The third-order valence-electron chi connectivity index (χ3n) is 3.12. The summed E-state index contributed by atoms with van der Waals surface area (Å²) in [7, 11) is 0. The molecule has 1 saturated carbocycles. The van der Waals surface area contributed by atoms with E-state index in [1.807, 2.05) is 25.1 Å². The van der Waals surface area contributed by atoms with Crippen LogP contribution in [0.4, 0.5) is 11.4 Å². The summed E-state index contributed by atoms with van der Waals surface area (Å²) in [5.74, 6) is 0.597. The number of rotatable bonds is 3. The number of aliphatic hydroxyl groups excluding tert-OH is 1. The SMILES string of the molecule is Cc1cccc(NCC2CC(O)C2)c1N. The van der Waals surface area contributed by atoms with Gasteiger partial charge in [-0.25, -0.2) is 0 Å². The highest BCUT2D eigenvalue weighted by Gasteiger charge is 2.26. The molecular formula is C12H18N2O. The Bertz CT molecular complexity index is 345. The van der Waals surface area contributed by atoms with Crippen LogP contribution in [0.3, 0.4) is 0 Å². The minimum Gasteiger partial charge on any atom is -0.397 e. The van der Waals surface area contributed by atoms with Crippen LogP contribution in [-0.4, -0.2) is 17.8 Å². The predicted molar refractivity (Wildman–Crippen MR) is 62.8 cm³/mol. The standard InChI is InChI=1S/C12H18N2O/c1-8-3-2-4-11(12(8)13)14-7-9-5-10(15)6-9/h2-4,9-10,14-15H,5-7,13H2,1H3. The Labute approximate surface area is 90.3 Å². The van der Waals surface area contributed by atoms with E-state index in [0.29, 0.717) is 5.92 Å². The lowest BCUT2D eigenvalue weighted by atomic mass is 9.82. The molecule has 0 atom stereocenters. The smallest absolute Gasteiger partial charge is 0.0579 e. The Morgan fingerprint density at radius 2 is 2.20 bits per heavy atom. The maximum absolute atomic E-state index is 9.16. The Balaban J connectivity index is 1.91. The molecule has 0 aromatic heterocycles. The molecular weight excluding hydrogens is 188 g/mol. The summed E-state index contributed by atoms with van der Waals surface area (Å²) in [4.78, 5) is 0. The third kappa shape index (κ3) is 2.23. The highest BCUT2D eigenvalue weighted by molar-refractivity contribution is 5.69. The number of hydrogen-bond donors (Lipinski definition) is 3. The van der Waals surface area contributed by atoms with Gasteiger partial charge in [0.25, 0.3) is 0 Å². The summed E-state index contributed by atoms with van der Waals surface area (Å²) >= 11 is 0. The molecule has 0 heterocycles. The Hall–Kier alpha value is -1.22. The van der Waals surface area contributed by atoms with E-state index in [1.54, 1.807) is 0 Å². The van der Waals surface area contributed by atoms with Gasteiger partial charge in [0, 0.05) is 6.54 Å². The summed E-state index contributed by atoms with van der Waals surface area (Å²) in [6.07, 6.45) is 1.75. The van der Waals surface area contributed by atoms with Crippen molar-refractivity contribution >= 4 is 11.4 Å². The van der Waals surface area contributed by atoms with Crippen LogP contribution in [-0.2, 0) is 0 Å². The normalized spacial score (nSPS) is 24.7. The molecule has 1 aliphatic carbocycles. The summed E-state index contributed by atoms with van der Waals surface area (Å²) in [6.45, 7) is 2.92. The quantitative estimate of drug-likeness (QED) is 0.660. The van der Waals surface area contributed by atoms with Gasteiger partial charge in [-0.1, -0.05) is 12.1 Å². The Morgan fingerprint density at radius 3 is 2.87 bits per heavy atom. The number of hydrogen-bond acceptors (Lipinski definition) is 3. The van der Waals surface area contributed by atoms with Crippen LogP contribution >= 0.6 is 0 Å². The molecule has 1 aliphatic rings. The maximum Gasteiger partial charge on any atom is 0.0579 e. The van der Waals surface area contributed by atoms with Gasteiger partial charge in [-0.2, -0.15) is 0 Å². The summed E-state index contributed by atoms with van der Waals surface area (Å²) in [6, 6.07) is 6.01. The fourth-order valence-corrected chi connectivity index (χ4v) is 1.96. The zero-order valence-corrected chi connectivity index (χ0v) is 9.03. The molecule has 0 radical (unpaired) electrons. The molecule has 0 saturated heterocycles. The zero-order valence-electron chi connectivity index (χ0n) is 9.03. The minimum atomic E-state index is -0.0772. The van der Waals surface area contributed by atoms with Crippen molar-refractivity contribution < 1.29 is 5.11 Å². The topological polar surface area (TPSA) is 58.3 Å². The largest absolute Gasteiger partial charge is 0.397 e. The number of aliphatic hydroxyl groups is 1. The van der Waals surface area contributed by atoms with Crippen molar-refractivity contribution in [1.29, 1.82) is 0 Å². The van der Waals surface area contributed by atoms with E-state index in [2.05, 4.69) is 5.32 Å². The number of benzene rings is 1. The fourth-order valence-electron chi connectivity index (χ4n) is 1.96. The molecule has 1 aromatic rings. The zero-order chi connectivity index (χ0) is 10.8. The molecule has 82 valence electrons. The van der Waals surface area contributed by atoms with E-state index in [1.165, 1.54) is 0 Å². The first kappa shape index (κ1) is 10.3. The highest BCUT2D eigenvalue weighted by Crippen LogP contribution is 2.28. The third-order valence-corrected chi connectivity index (χ3v) is 3.12. The first-order valence-electron chi connectivity index (χ1n) is 5.44. The average molecular weight is 206 g/mol. The molecule has 0 bridgehead atoms. The molecule has 4 N–H and O–H groups in total. The van der Waals surface area contributed by atoms with E-state index >= 15 is 0 Å².